The van der Waals surface area contributed by atoms with E-state index in [-0.39, 0.29) is 5.91 Å². The summed E-state index contributed by atoms with van der Waals surface area (Å²) < 4.78 is 12.5. The number of benzene rings is 1. The third-order valence-corrected chi connectivity index (χ3v) is 5.32. The summed E-state index contributed by atoms with van der Waals surface area (Å²) in [5.41, 5.74) is 5.48. The second-order valence-corrected chi connectivity index (χ2v) is 7.61. The van der Waals surface area contributed by atoms with Crippen LogP contribution in [0.5, 0.6) is 11.5 Å². The quantitative estimate of drug-likeness (QED) is 0.495. The second-order valence-electron chi connectivity index (χ2n) is 7.61. The average Bonchev–Trinajstić information content (AvgIpc) is 3.18. The van der Waals surface area contributed by atoms with Crippen LogP contribution in [0.15, 0.2) is 42.7 Å². The van der Waals surface area contributed by atoms with E-state index in [1.807, 2.05) is 45.0 Å². The molecule has 0 fully saturated rings. The van der Waals surface area contributed by atoms with Crippen molar-refractivity contribution in [3.63, 3.8) is 0 Å². The van der Waals surface area contributed by atoms with E-state index in [1.165, 1.54) is 0 Å². The molecule has 4 rings (SSSR count). The SMILES string of the molecule is COc1ccc(Cn2ncc3cc(C(=O)Nc4c(C)cc(C)nc4C)cnc32)c(OC)c1. The molecule has 0 bridgehead atoms. The second kappa shape index (κ2) is 8.66. The van der Waals surface area contributed by atoms with Crippen molar-refractivity contribution >= 4 is 22.6 Å². The largest absolute Gasteiger partial charge is 0.497 e. The molecule has 1 aromatic carbocycles. The molecule has 4 aromatic rings. The molecule has 3 aromatic heterocycles. The van der Waals surface area contributed by atoms with Gasteiger partial charge in [-0.1, -0.05) is 0 Å². The zero-order chi connectivity index (χ0) is 22.8. The predicted molar refractivity (Wildman–Crippen MR) is 123 cm³/mol. The number of aryl methyl sites for hydroxylation is 3. The van der Waals surface area contributed by atoms with Gasteiger partial charge in [0.2, 0.25) is 0 Å². The highest BCUT2D eigenvalue weighted by atomic mass is 16.5. The van der Waals surface area contributed by atoms with Crippen LogP contribution in [0.2, 0.25) is 0 Å². The molecular formula is C24H25N5O3. The van der Waals surface area contributed by atoms with Crippen LogP contribution in [0.1, 0.15) is 32.9 Å². The maximum absolute atomic E-state index is 12.9. The Kier molecular flexibility index (Phi) is 5.77. The van der Waals surface area contributed by atoms with Crippen LogP contribution in [0.3, 0.4) is 0 Å². The number of rotatable bonds is 6. The summed E-state index contributed by atoms with van der Waals surface area (Å²) in [4.78, 5) is 21.8. The van der Waals surface area contributed by atoms with Crippen LogP contribution >= 0.6 is 0 Å². The molecule has 0 aliphatic carbocycles. The first kappa shape index (κ1) is 21.3. The fourth-order valence-corrected chi connectivity index (χ4v) is 3.75. The molecule has 0 saturated carbocycles. The Bertz CT molecular complexity index is 1290. The smallest absolute Gasteiger partial charge is 0.257 e. The molecule has 32 heavy (non-hydrogen) atoms. The van der Waals surface area contributed by atoms with E-state index < -0.39 is 0 Å². The molecular weight excluding hydrogens is 406 g/mol. The van der Waals surface area contributed by atoms with Gasteiger partial charge in [-0.3, -0.25) is 9.78 Å². The lowest BCUT2D eigenvalue weighted by Crippen LogP contribution is -2.15. The summed E-state index contributed by atoms with van der Waals surface area (Å²) in [6.07, 6.45) is 3.27. The number of fused-ring (bicyclic) bond motifs is 1. The maximum atomic E-state index is 12.9. The lowest BCUT2D eigenvalue weighted by atomic mass is 10.1. The minimum atomic E-state index is -0.235. The molecule has 0 spiro atoms. The van der Waals surface area contributed by atoms with Crippen LogP contribution in [0.25, 0.3) is 11.0 Å². The highest BCUT2D eigenvalue weighted by molar-refractivity contribution is 6.06. The molecule has 8 nitrogen and oxygen atoms in total. The monoisotopic (exact) mass is 431 g/mol. The topological polar surface area (TPSA) is 91.2 Å². The number of hydrogen-bond donors (Lipinski definition) is 1. The number of hydrogen-bond acceptors (Lipinski definition) is 6. The number of aromatic nitrogens is 4. The number of nitrogens with zero attached hydrogens (tertiary/aromatic N) is 4. The van der Waals surface area contributed by atoms with Gasteiger partial charge in [0.1, 0.15) is 11.5 Å². The van der Waals surface area contributed by atoms with E-state index >= 15 is 0 Å². The fourth-order valence-electron chi connectivity index (χ4n) is 3.75. The molecule has 3 heterocycles. The first-order chi connectivity index (χ1) is 15.4. The molecule has 1 N–H and O–H groups in total. The Balaban J connectivity index is 1.59. The molecule has 0 radical (unpaired) electrons. The minimum absolute atomic E-state index is 0.235. The van der Waals surface area contributed by atoms with Gasteiger partial charge in [0, 0.05) is 28.9 Å². The van der Waals surface area contributed by atoms with Crippen LogP contribution in [-0.4, -0.2) is 39.9 Å². The highest BCUT2D eigenvalue weighted by Crippen LogP contribution is 2.26. The predicted octanol–water partition coefficient (Wildman–Crippen LogP) is 4.07. The van der Waals surface area contributed by atoms with Gasteiger partial charge in [-0.2, -0.15) is 5.10 Å². The van der Waals surface area contributed by atoms with Crippen molar-refractivity contribution in [2.45, 2.75) is 27.3 Å². The molecule has 1 amide bonds. The lowest BCUT2D eigenvalue weighted by Gasteiger charge is -2.12. The molecule has 164 valence electrons. The highest BCUT2D eigenvalue weighted by Gasteiger charge is 2.15. The van der Waals surface area contributed by atoms with Crippen molar-refractivity contribution in [2.75, 3.05) is 19.5 Å². The van der Waals surface area contributed by atoms with E-state index in [0.717, 1.165) is 39.3 Å². The van der Waals surface area contributed by atoms with Gasteiger partial charge in [0.25, 0.3) is 5.91 Å². The molecule has 0 aliphatic rings. The van der Waals surface area contributed by atoms with Gasteiger partial charge in [-0.05, 0) is 50.6 Å². The maximum Gasteiger partial charge on any atom is 0.257 e. The number of methoxy groups -OCH3 is 2. The minimum Gasteiger partial charge on any atom is -0.497 e. The van der Waals surface area contributed by atoms with E-state index in [4.69, 9.17) is 9.47 Å². The number of pyridine rings is 2. The summed E-state index contributed by atoms with van der Waals surface area (Å²) in [7, 11) is 3.24. The number of ether oxygens (including phenoxy) is 2. The van der Waals surface area contributed by atoms with E-state index in [0.29, 0.717) is 23.5 Å². The molecule has 0 saturated heterocycles. The average molecular weight is 431 g/mol. The van der Waals surface area contributed by atoms with Crippen LogP contribution in [0.4, 0.5) is 5.69 Å². The molecule has 0 aliphatic heterocycles. The van der Waals surface area contributed by atoms with Crippen molar-refractivity contribution in [3.05, 3.63) is 70.8 Å². The molecule has 0 atom stereocenters. The van der Waals surface area contributed by atoms with Crippen molar-refractivity contribution in [1.29, 1.82) is 0 Å². The first-order valence-corrected chi connectivity index (χ1v) is 10.2. The van der Waals surface area contributed by atoms with Crippen molar-refractivity contribution in [2.24, 2.45) is 0 Å². The summed E-state index contributed by atoms with van der Waals surface area (Å²) in [5, 5.41) is 8.20. The van der Waals surface area contributed by atoms with Gasteiger partial charge in [0.05, 0.1) is 43.9 Å². The van der Waals surface area contributed by atoms with Crippen molar-refractivity contribution in [1.82, 2.24) is 19.7 Å². The van der Waals surface area contributed by atoms with Gasteiger partial charge >= 0.3 is 0 Å². The first-order valence-electron chi connectivity index (χ1n) is 10.2. The van der Waals surface area contributed by atoms with E-state index in [1.54, 1.807) is 37.4 Å². The third kappa shape index (κ3) is 4.12. The Morgan fingerprint density at radius 2 is 1.88 bits per heavy atom. The van der Waals surface area contributed by atoms with Crippen LogP contribution in [-0.2, 0) is 6.54 Å². The fraction of sp³-hybridized carbons (Fsp3) is 0.250. The molecule has 0 unspecified atom stereocenters. The zero-order valence-corrected chi connectivity index (χ0v) is 18.8. The van der Waals surface area contributed by atoms with E-state index in [2.05, 4.69) is 20.4 Å². The van der Waals surface area contributed by atoms with Gasteiger partial charge in [-0.25, -0.2) is 9.67 Å². The Morgan fingerprint density at radius 1 is 1.06 bits per heavy atom. The van der Waals surface area contributed by atoms with Crippen molar-refractivity contribution < 1.29 is 14.3 Å². The third-order valence-electron chi connectivity index (χ3n) is 5.32. The summed E-state index contributed by atoms with van der Waals surface area (Å²) in [5.74, 6) is 1.20. The number of nitrogens with one attached hydrogen (secondary N) is 1. The zero-order valence-electron chi connectivity index (χ0n) is 18.8. The van der Waals surface area contributed by atoms with Gasteiger partial charge in [-0.15, -0.1) is 0 Å². The summed E-state index contributed by atoms with van der Waals surface area (Å²) >= 11 is 0. The van der Waals surface area contributed by atoms with E-state index in [9.17, 15) is 4.79 Å². The summed E-state index contributed by atoms with van der Waals surface area (Å²) in [6, 6.07) is 9.39. The Hall–Kier alpha value is -3.94. The number of anilines is 1. The summed E-state index contributed by atoms with van der Waals surface area (Å²) in [6.45, 7) is 6.25. The van der Waals surface area contributed by atoms with Gasteiger partial charge in [0.15, 0.2) is 5.65 Å². The standard InChI is InChI=1S/C24H25N5O3/c1-14-8-15(2)27-16(3)22(14)28-24(30)19-9-18-12-26-29(23(18)25-11-19)13-17-6-7-20(31-4)10-21(17)32-5/h6-12H,13H2,1-5H3,(H,28,30). The molecule has 8 heteroatoms. The van der Waals surface area contributed by atoms with Crippen molar-refractivity contribution in [3.8, 4) is 11.5 Å². The lowest BCUT2D eigenvalue weighted by molar-refractivity contribution is 0.102. The number of carbonyl (C=O) groups is 1. The van der Waals surface area contributed by atoms with Gasteiger partial charge < -0.3 is 14.8 Å². The van der Waals surface area contributed by atoms with Crippen LogP contribution in [0, 0.1) is 20.8 Å². The number of amides is 1. The Labute approximate surface area is 186 Å². The normalized spacial score (nSPS) is 10.9. The van der Waals surface area contributed by atoms with Crippen LogP contribution < -0.4 is 14.8 Å². The number of carbonyl (C=O) groups excluding carboxylic acids is 1. The Morgan fingerprint density at radius 3 is 2.59 bits per heavy atom.